The highest BCUT2D eigenvalue weighted by Gasteiger charge is 2.18. The summed E-state index contributed by atoms with van der Waals surface area (Å²) < 4.78 is 0. The standard InChI is InChI=1S/C12H12BrNO/c1-8-4-3-5-10(6-7-14)11(8)12(13)9(2)15/h3-5,12H,6H2,1-2H3. The van der Waals surface area contributed by atoms with Crippen molar-refractivity contribution in [3.8, 4) is 6.07 Å². The van der Waals surface area contributed by atoms with Gasteiger partial charge >= 0.3 is 0 Å². The number of benzene rings is 1. The summed E-state index contributed by atoms with van der Waals surface area (Å²) in [7, 11) is 0. The summed E-state index contributed by atoms with van der Waals surface area (Å²) in [5.74, 6) is 0.0588. The lowest BCUT2D eigenvalue weighted by molar-refractivity contribution is -0.116. The van der Waals surface area contributed by atoms with E-state index in [2.05, 4.69) is 22.0 Å². The summed E-state index contributed by atoms with van der Waals surface area (Å²) in [6, 6.07) is 7.86. The molecule has 0 spiro atoms. The van der Waals surface area contributed by atoms with Gasteiger partial charge in [-0.05, 0) is 30.5 Å². The number of alkyl halides is 1. The number of aryl methyl sites for hydroxylation is 1. The van der Waals surface area contributed by atoms with E-state index >= 15 is 0 Å². The summed E-state index contributed by atoms with van der Waals surface area (Å²) in [4.78, 5) is 11.0. The average molecular weight is 266 g/mol. The quantitative estimate of drug-likeness (QED) is 0.789. The Morgan fingerprint density at radius 1 is 1.60 bits per heavy atom. The van der Waals surface area contributed by atoms with Crippen molar-refractivity contribution in [3.05, 3.63) is 34.9 Å². The topological polar surface area (TPSA) is 40.9 Å². The first-order valence-corrected chi connectivity index (χ1v) is 5.59. The monoisotopic (exact) mass is 265 g/mol. The van der Waals surface area contributed by atoms with Gasteiger partial charge in [-0.3, -0.25) is 4.79 Å². The van der Waals surface area contributed by atoms with Crippen molar-refractivity contribution in [2.24, 2.45) is 0 Å². The molecule has 1 aromatic rings. The van der Waals surface area contributed by atoms with Crippen molar-refractivity contribution < 1.29 is 4.79 Å². The zero-order valence-corrected chi connectivity index (χ0v) is 10.3. The predicted molar refractivity (Wildman–Crippen MR) is 62.8 cm³/mol. The van der Waals surface area contributed by atoms with Crippen LogP contribution in [0.2, 0.25) is 0 Å². The van der Waals surface area contributed by atoms with Crippen LogP contribution in [0.3, 0.4) is 0 Å². The van der Waals surface area contributed by atoms with Gasteiger partial charge in [-0.25, -0.2) is 0 Å². The van der Waals surface area contributed by atoms with Crippen molar-refractivity contribution in [2.45, 2.75) is 25.1 Å². The van der Waals surface area contributed by atoms with Crippen LogP contribution < -0.4 is 0 Å². The van der Waals surface area contributed by atoms with Gasteiger partial charge in [0.1, 0.15) is 5.78 Å². The van der Waals surface area contributed by atoms with Crippen LogP contribution in [0.4, 0.5) is 0 Å². The Kier molecular flexibility index (Phi) is 4.05. The van der Waals surface area contributed by atoms with E-state index in [9.17, 15) is 4.79 Å². The van der Waals surface area contributed by atoms with Crippen LogP contribution >= 0.6 is 15.9 Å². The molecular weight excluding hydrogens is 254 g/mol. The fourth-order valence-corrected chi connectivity index (χ4v) is 2.20. The molecule has 1 atom stereocenters. The van der Waals surface area contributed by atoms with E-state index in [4.69, 9.17) is 5.26 Å². The van der Waals surface area contributed by atoms with Crippen LogP contribution in [0, 0.1) is 18.3 Å². The molecular formula is C12H12BrNO. The Bertz CT molecular complexity index is 420. The molecule has 0 aliphatic rings. The van der Waals surface area contributed by atoms with Crippen LogP contribution in [-0.2, 0) is 11.2 Å². The van der Waals surface area contributed by atoms with E-state index in [1.165, 1.54) is 0 Å². The highest BCUT2D eigenvalue weighted by atomic mass is 79.9. The minimum Gasteiger partial charge on any atom is -0.298 e. The third-order valence-corrected chi connectivity index (χ3v) is 3.40. The first kappa shape index (κ1) is 11.9. The first-order valence-electron chi connectivity index (χ1n) is 4.67. The number of nitriles is 1. The third kappa shape index (κ3) is 2.66. The summed E-state index contributed by atoms with van der Waals surface area (Å²) in [6.07, 6.45) is 0.340. The minimum atomic E-state index is -0.304. The van der Waals surface area contributed by atoms with Crippen LogP contribution in [0.15, 0.2) is 18.2 Å². The highest BCUT2D eigenvalue weighted by molar-refractivity contribution is 9.09. The number of hydrogen-bond acceptors (Lipinski definition) is 2. The minimum absolute atomic E-state index is 0.0588. The van der Waals surface area contributed by atoms with E-state index in [0.29, 0.717) is 6.42 Å². The molecule has 0 N–H and O–H groups in total. The lowest BCUT2D eigenvalue weighted by Gasteiger charge is -2.14. The van der Waals surface area contributed by atoms with Gasteiger partial charge < -0.3 is 0 Å². The molecule has 0 aromatic heterocycles. The van der Waals surface area contributed by atoms with Crippen molar-refractivity contribution >= 4 is 21.7 Å². The SMILES string of the molecule is CC(=O)C(Br)c1c(C)cccc1CC#N. The predicted octanol–water partition coefficient (Wildman–Crippen LogP) is 3.09. The van der Waals surface area contributed by atoms with Gasteiger partial charge in [0.2, 0.25) is 0 Å². The van der Waals surface area contributed by atoms with Crippen molar-refractivity contribution in [1.29, 1.82) is 5.26 Å². The number of ketones is 1. The zero-order chi connectivity index (χ0) is 11.4. The molecule has 0 bridgehead atoms. The fourth-order valence-electron chi connectivity index (χ4n) is 1.55. The maximum Gasteiger partial charge on any atom is 0.147 e. The molecule has 0 aliphatic heterocycles. The summed E-state index contributed by atoms with van der Waals surface area (Å²) in [5, 5.41) is 8.71. The van der Waals surface area contributed by atoms with Crippen molar-refractivity contribution in [2.75, 3.05) is 0 Å². The second-order valence-corrected chi connectivity index (χ2v) is 4.37. The number of Topliss-reactive ketones (excluding diaryl/α,β-unsaturated/α-hetero) is 1. The van der Waals surface area contributed by atoms with E-state index in [-0.39, 0.29) is 10.6 Å². The van der Waals surface area contributed by atoms with E-state index in [1.54, 1.807) is 6.92 Å². The number of carbonyl (C=O) groups is 1. The molecule has 0 heterocycles. The van der Waals surface area contributed by atoms with Gasteiger partial charge in [-0.2, -0.15) is 5.26 Å². The van der Waals surface area contributed by atoms with Crippen LogP contribution in [0.1, 0.15) is 28.4 Å². The van der Waals surface area contributed by atoms with Gasteiger partial charge in [0.05, 0.1) is 17.3 Å². The average Bonchev–Trinajstić information content (AvgIpc) is 2.17. The molecule has 0 aliphatic carbocycles. The van der Waals surface area contributed by atoms with E-state index in [1.807, 2.05) is 25.1 Å². The van der Waals surface area contributed by atoms with Gasteiger partial charge in [0.15, 0.2) is 0 Å². The van der Waals surface area contributed by atoms with Gasteiger partial charge in [-0.1, -0.05) is 34.1 Å². The normalized spacial score (nSPS) is 11.9. The van der Waals surface area contributed by atoms with E-state index < -0.39 is 0 Å². The van der Waals surface area contributed by atoms with Crippen LogP contribution in [-0.4, -0.2) is 5.78 Å². The number of nitrogens with zero attached hydrogens (tertiary/aromatic N) is 1. The zero-order valence-electron chi connectivity index (χ0n) is 8.75. The van der Waals surface area contributed by atoms with Crippen molar-refractivity contribution in [1.82, 2.24) is 0 Å². The lowest BCUT2D eigenvalue weighted by Crippen LogP contribution is -2.06. The molecule has 0 amide bonds. The van der Waals surface area contributed by atoms with Crippen LogP contribution in [0.25, 0.3) is 0 Å². The fraction of sp³-hybridized carbons (Fsp3) is 0.333. The maximum atomic E-state index is 11.3. The Balaban J connectivity index is 3.25. The molecule has 1 aromatic carbocycles. The highest BCUT2D eigenvalue weighted by Crippen LogP contribution is 2.30. The molecule has 0 radical (unpaired) electrons. The third-order valence-electron chi connectivity index (χ3n) is 2.29. The maximum absolute atomic E-state index is 11.3. The number of hydrogen-bond donors (Lipinski definition) is 0. The molecule has 1 rings (SSSR count). The Labute approximate surface area is 98.0 Å². The van der Waals surface area contributed by atoms with Gasteiger partial charge in [-0.15, -0.1) is 0 Å². The number of halogens is 1. The molecule has 1 unspecified atom stereocenters. The summed E-state index contributed by atoms with van der Waals surface area (Å²) >= 11 is 3.36. The molecule has 0 saturated heterocycles. The Morgan fingerprint density at radius 2 is 2.27 bits per heavy atom. The molecule has 3 heteroatoms. The summed E-state index contributed by atoms with van der Waals surface area (Å²) in [6.45, 7) is 3.50. The number of rotatable bonds is 3. The largest absolute Gasteiger partial charge is 0.298 e. The molecule has 78 valence electrons. The second-order valence-electron chi connectivity index (χ2n) is 3.46. The lowest BCUT2D eigenvalue weighted by atomic mass is 9.96. The Morgan fingerprint density at radius 3 is 2.80 bits per heavy atom. The van der Waals surface area contributed by atoms with Gasteiger partial charge in [0.25, 0.3) is 0 Å². The molecule has 2 nitrogen and oxygen atoms in total. The smallest absolute Gasteiger partial charge is 0.147 e. The molecule has 0 saturated carbocycles. The molecule has 15 heavy (non-hydrogen) atoms. The van der Waals surface area contributed by atoms with Crippen LogP contribution in [0.5, 0.6) is 0 Å². The first-order chi connectivity index (χ1) is 7.07. The number of carbonyl (C=O) groups excluding carboxylic acids is 1. The van der Waals surface area contributed by atoms with Gasteiger partial charge in [0, 0.05) is 0 Å². The molecule has 0 fully saturated rings. The second kappa shape index (κ2) is 5.09. The van der Waals surface area contributed by atoms with E-state index in [0.717, 1.165) is 16.7 Å². The van der Waals surface area contributed by atoms with Crippen molar-refractivity contribution in [3.63, 3.8) is 0 Å². The Hall–Kier alpha value is -1.14. The summed E-state index contributed by atoms with van der Waals surface area (Å²) in [5.41, 5.74) is 2.90.